The topological polar surface area (TPSA) is 61.9 Å². The molecule has 2 aliphatic rings. The SMILES string of the molecule is COc1ccc(C(CNS(=O)(=O)N2CC(C)CC(C)C2)N2CCCCC2)cc1. The van der Waals surface area contributed by atoms with Crippen molar-refractivity contribution in [2.24, 2.45) is 11.8 Å². The van der Waals surface area contributed by atoms with Crippen LogP contribution in [0.25, 0.3) is 0 Å². The van der Waals surface area contributed by atoms with Crippen molar-refractivity contribution in [2.45, 2.75) is 45.6 Å². The van der Waals surface area contributed by atoms with Crippen LogP contribution in [-0.4, -0.2) is 57.5 Å². The summed E-state index contributed by atoms with van der Waals surface area (Å²) in [4.78, 5) is 2.41. The second kappa shape index (κ2) is 9.57. The van der Waals surface area contributed by atoms with Crippen molar-refractivity contribution >= 4 is 10.2 Å². The van der Waals surface area contributed by atoms with E-state index in [1.165, 1.54) is 19.3 Å². The lowest BCUT2D eigenvalue weighted by molar-refractivity contribution is 0.163. The van der Waals surface area contributed by atoms with Gasteiger partial charge in [-0.2, -0.15) is 12.7 Å². The van der Waals surface area contributed by atoms with Gasteiger partial charge in [-0.25, -0.2) is 4.72 Å². The van der Waals surface area contributed by atoms with Gasteiger partial charge in [-0.05, 0) is 61.9 Å². The smallest absolute Gasteiger partial charge is 0.279 e. The van der Waals surface area contributed by atoms with Gasteiger partial charge in [0.2, 0.25) is 0 Å². The molecule has 0 aromatic heterocycles. The van der Waals surface area contributed by atoms with Crippen LogP contribution in [0.15, 0.2) is 24.3 Å². The third kappa shape index (κ3) is 5.47. The first-order valence-corrected chi connectivity index (χ1v) is 12.0. The Labute approximate surface area is 170 Å². The van der Waals surface area contributed by atoms with Crippen LogP contribution in [0.3, 0.4) is 0 Å². The molecule has 3 rings (SSSR count). The zero-order valence-corrected chi connectivity index (χ0v) is 18.2. The second-order valence-electron chi connectivity index (χ2n) is 8.50. The minimum atomic E-state index is -3.47. The van der Waals surface area contributed by atoms with E-state index < -0.39 is 10.2 Å². The summed E-state index contributed by atoms with van der Waals surface area (Å²) < 4.78 is 35.8. The average Bonchev–Trinajstić information content (AvgIpc) is 2.68. The second-order valence-corrected chi connectivity index (χ2v) is 10.3. The van der Waals surface area contributed by atoms with Crippen LogP contribution in [0.2, 0.25) is 0 Å². The lowest BCUT2D eigenvalue weighted by Gasteiger charge is -2.37. The van der Waals surface area contributed by atoms with Crippen LogP contribution in [0.1, 0.15) is 51.1 Å². The maximum absolute atomic E-state index is 13.0. The summed E-state index contributed by atoms with van der Waals surface area (Å²) in [6, 6.07) is 8.05. The molecule has 2 saturated heterocycles. The van der Waals surface area contributed by atoms with Crippen LogP contribution in [0, 0.1) is 11.8 Å². The van der Waals surface area contributed by atoms with Crippen molar-refractivity contribution < 1.29 is 13.2 Å². The number of piperidine rings is 2. The average molecular weight is 410 g/mol. The Balaban J connectivity index is 1.73. The van der Waals surface area contributed by atoms with Gasteiger partial charge in [-0.15, -0.1) is 0 Å². The first kappa shape index (κ1) is 21.6. The molecule has 1 N–H and O–H groups in total. The molecule has 3 unspecified atom stereocenters. The molecular weight excluding hydrogens is 374 g/mol. The molecule has 7 heteroatoms. The number of benzene rings is 1. The molecule has 0 amide bonds. The summed E-state index contributed by atoms with van der Waals surface area (Å²) in [5.41, 5.74) is 1.13. The summed E-state index contributed by atoms with van der Waals surface area (Å²) in [6.07, 6.45) is 4.68. The van der Waals surface area contributed by atoms with Gasteiger partial charge in [0.25, 0.3) is 10.2 Å². The highest BCUT2D eigenvalue weighted by atomic mass is 32.2. The van der Waals surface area contributed by atoms with Crippen molar-refractivity contribution in [3.8, 4) is 5.75 Å². The van der Waals surface area contributed by atoms with Gasteiger partial charge in [-0.3, -0.25) is 4.90 Å². The maximum atomic E-state index is 13.0. The van der Waals surface area contributed by atoms with Gasteiger partial charge in [-0.1, -0.05) is 32.4 Å². The third-order valence-corrected chi connectivity index (χ3v) is 7.48. The zero-order valence-electron chi connectivity index (χ0n) is 17.4. The van der Waals surface area contributed by atoms with Crippen LogP contribution in [0.5, 0.6) is 5.75 Å². The summed E-state index contributed by atoms with van der Waals surface area (Å²) >= 11 is 0. The van der Waals surface area contributed by atoms with Crippen LogP contribution >= 0.6 is 0 Å². The van der Waals surface area contributed by atoms with E-state index in [4.69, 9.17) is 4.74 Å². The van der Waals surface area contributed by atoms with Crippen molar-refractivity contribution in [3.05, 3.63) is 29.8 Å². The van der Waals surface area contributed by atoms with E-state index in [1.807, 2.05) is 12.1 Å². The minimum absolute atomic E-state index is 0.0422. The van der Waals surface area contributed by atoms with E-state index in [9.17, 15) is 8.42 Å². The van der Waals surface area contributed by atoms with E-state index in [0.717, 1.165) is 30.8 Å². The lowest BCUT2D eigenvalue weighted by atomic mass is 9.94. The fourth-order valence-corrected chi connectivity index (χ4v) is 6.04. The van der Waals surface area contributed by atoms with Gasteiger partial charge < -0.3 is 4.74 Å². The summed E-state index contributed by atoms with van der Waals surface area (Å²) in [5, 5.41) is 0. The van der Waals surface area contributed by atoms with Gasteiger partial charge in [0, 0.05) is 25.7 Å². The molecule has 158 valence electrons. The highest BCUT2D eigenvalue weighted by Gasteiger charge is 2.32. The molecule has 3 atom stereocenters. The van der Waals surface area contributed by atoms with Crippen LogP contribution in [0.4, 0.5) is 0 Å². The monoisotopic (exact) mass is 409 g/mol. The molecule has 0 bridgehead atoms. The van der Waals surface area contributed by atoms with E-state index in [1.54, 1.807) is 11.4 Å². The lowest BCUT2D eigenvalue weighted by Crippen LogP contribution is -2.50. The number of hydrogen-bond donors (Lipinski definition) is 1. The summed E-state index contributed by atoms with van der Waals surface area (Å²) in [7, 11) is -1.81. The number of rotatable bonds is 7. The van der Waals surface area contributed by atoms with Crippen molar-refractivity contribution in [3.63, 3.8) is 0 Å². The number of ether oxygens (including phenoxy) is 1. The van der Waals surface area contributed by atoms with Gasteiger partial charge >= 0.3 is 0 Å². The van der Waals surface area contributed by atoms with Gasteiger partial charge in [0.1, 0.15) is 5.75 Å². The highest BCUT2D eigenvalue weighted by Crippen LogP contribution is 2.27. The van der Waals surface area contributed by atoms with Crippen molar-refractivity contribution in [2.75, 3.05) is 39.8 Å². The van der Waals surface area contributed by atoms with Crippen molar-refractivity contribution in [1.82, 2.24) is 13.9 Å². The first-order chi connectivity index (χ1) is 13.4. The molecule has 2 heterocycles. The number of methoxy groups -OCH3 is 1. The van der Waals surface area contributed by atoms with Gasteiger partial charge in [0.15, 0.2) is 0 Å². The number of nitrogens with zero attached hydrogens (tertiary/aromatic N) is 2. The van der Waals surface area contributed by atoms with E-state index in [2.05, 4.69) is 35.6 Å². The largest absolute Gasteiger partial charge is 0.497 e. The molecule has 28 heavy (non-hydrogen) atoms. The van der Waals surface area contributed by atoms with Crippen LogP contribution in [-0.2, 0) is 10.2 Å². The Bertz CT molecular complexity index is 707. The molecule has 0 aliphatic carbocycles. The zero-order chi connectivity index (χ0) is 20.1. The Morgan fingerprint density at radius 1 is 1.07 bits per heavy atom. The predicted octanol–water partition coefficient (Wildman–Crippen LogP) is 3.03. The maximum Gasteiger partial charge on any atom is 0.279 e. The molecule has 1 aromatic rings. The van der Waals surface area contributed by atoms with E-state index in [0.29, 0.717) is 31.5 Å². The molecule has 0 spiro atoms. The van der Waals surface area contributed by atoms with Crippen molar-refractivity contribution in [1.29, 1.82) is 0 Å². The molecule has 1 aromatic carbocycles. The molecule has 2 aliphatic heterocycles. The highest BCUT2D eigenvalue weighted by molar-refractivity contribution is 7.87. The summed E-state index contributed by atoms with van der Waals surface area (Å²) in [6.45, 7) is 7.89. The fraction of sp³-hybridized carbons (Fsp3) is 0.714. The van der Waals surface area contributed by atoms with E-state index in [-0.39, 0.29) is 6.04 Å². The molecule has 2 fully saturated rings. The Morgan fingerprint density at radius 3 is 2.25 bits per heavy atom. The number of hydrogen-bond acceptors (Lipinski definition) is 4. The quantitative estimate of drug-likeness (QED) is 0.752. The Morgan fingerprint density at radius 2 is 1.68 bits per heavy atom. The fourth-order valence-electron chi connectivity index (χ4n) is 4.59. The molecule has 6 nitrogen and oxygen atoms in total. The standard InChI is InChI=1S/C21H35N3O3S/c1-17-13-18(2)16-24(15-17)28(25,26)22-14-21(23-11-5-4-6-12-23)19-7-9-20(27-3)10-8-19/h7-10,17-18,21-22H,4-6,11-16H2,1-3H3. The normalized spacial score (nSPS) is 26.1. The van der Waals surface area contributed by atoms with Gasteiger partial charge in [0.05, 0.1) is 7.11 Å². The molecule has 0 radical (unpaired) electrons. The minimum Gasteiger partial charge on any atom is -0.497 e. The van der Waals surface area contributed by atoms with E-state index >= 15 is 0 Å². The number of nitrogens with one attached hydrogen (secondary N) is 1. The summed E-state index contributed by atoms with van der Waals surface area (Å²) in [5.74, 6) is 1.62. The first-order valence-electron chi connectivity index (χ1n) is 10.5. The molecule has 0 saturated carbocycles. The Hall–Kier alpha value is -1.15. The molecular formula is C21H35N3O3S. The third-order valence-electron chi connectivity index (χ3n) is 5.97. The van der Waals surface area contributed by atoms with Crippen LogP contribution < -0.4 is 9.46 Å². The Kier molecular flexibility index (Phi) is 7.36. The predicted molar refractivity (Wildman–Crippen MR) is 113 cm³/mol. The number of likely N-dealkylation sites (tertiary alicyclic amines) is 1.